The molecular weight excluding hydrogens is 222 g/mol. The predicted octanol–water partition coefficient (Wildman–Crippen LogP) is 2.00. The second-order valence-corrected chi connectivity index (χ2v) is 3.08. The SMILES string of the molecule is CN/C=C(\OC(=O)OC)c1ccc(OC)cc1. The van der Waals surface area contributed by atoms with Gasteiger partial charge in [-0.3, -0.25) is 0 Å². The maximum atomic E-state index is 11.1. The van der Waals surface area contributed by atoms with Crippen LogP contribution in [0.3, 0.4) is 0 Å². The maximum Gasteiger partial charge on any atom is 0.513 e. The first-order valence-electron chi connectivity index (χ1n) is 4.99. The number of nitrogens with one attached hydrogen (secondary N) is 1. The topological polar surface area (TPSA) is 56.8 Å². The molecule has 1 rings (SSSR count). The van der Waals surface area contributed by atoms with Crippen LogP contribution in [0.4, 0.5) is 4.79 Å². The van der Waals surface area contributed by atoms with Gasteiger partial charge in [0.25, 0.3) is 0 Å². The van der Waals surface area contributed by atoms with Crippen LogP contribution in [0, 0.1) is 0 Å². The fraction of sp³-hybridized carbons (Fsp3) is 0.250. The molecule has 0 spiro atoms. The van der Waals surface area contributed by atoms with Crippen LogP contribution in [-0.4, -0.2) is 27.4 Å². The summed E-state index contributed by atoms with van der Waals surface area (Å²) in [6.45, 7) is 0. The van der Waals surface area contributed by atoms with Crippen LogP contribution in [-0.2, 0) is 9.47 Å². The minimum Gasteiger partial charge on any atom is -0.497 e. The van der Waals surface area contributed by atoms with Crippen molar-refractivity contribution in [1.82, 2.24) is 5.32 Å². The van der Waals surface area contributed by atoms with Gasteiger partial charge in [-0.15, -0.1) is 0 Å². The van der Waals surface area contributed by atoms with E-state index in [1.54, 1.807) is 44.6 Å². The quantitative estimate of drug-likeness (QED) is 0.641. The number of hydrogen-bond acceptors (Lipinski definition) is 5. The lowest BCUT2D eigenvalue weighted by atomic mass is 10.2. The third-order valence-electron chi connectivity index (χ3n) is 2.01. The van der Waals surface area contributed by atoms with Crippen molar-refractivity contribution < 1.29 is 19.0 Å². The average molecular weight is 237 g/mol. The van der Waals surface area contributed by atoms with Crippen LogP contribution in [0.1, 0.15) is 5.56 Å². The second kappa shape index (κ2) is 6.42. The summed E-state index contributed by atoms with van der Waals surface area (Å²) in [6.07, 6.45) is 0.806. The molecule has 0 unspecified atom stereocenters. The summed E-state index contributed by atoms with van der Waals surface area (Å²) in [7, 11) is 4.56. The summed E-state index contributed by atoms with van der Waals surface area (Å²) in [5.74, 6) is 1.11. The molecule has 0 aliphatic carbocycles. The van der Waals surface area contributed by atoms with Gasteiger partial charge in [-0.25, -0.2) is 4.79 Å². The zero-order valence-electron chi connectivity index (χ0n) is 10.0. The molecule has 5 heteroatoms. The normalized spacial score (nSPS) is 10.6. The van der Waals surface area contributed by atoms with Crippen molar-refractivity contribution in [1.29, 1.82) is 0 Å². The number of ether oxygens (including phenoxy) is 3. The molecule has 1 N–H and O–H groups in total. The summed E-state index contributed by atoms with van der Waals surface area (Å²) < 4.78 is 14.5. The van der Waals surface area contributed by atoms with Gasteiger partial charge < -0.3 is 19.5 Å². The Morgan fingerprint density at radius 1 is 1.24 bits per heavy atom. The summed E-state index contributed by atoms with van der Waals surface area (Å²) >= 11 is 0. The second-order valence-electron chi connectivity index (χ2n) is 3.08. The van der Waals surface area contributed by atoms with Gasteiger partial charge in [0.1, 0.15) is 5.75 Å². The molecule has 0 atom stereocenters. The number of benzene rings is 1. The zero-order chi connectivity index (χ0) is 12.7. The number of methoxy groups -OCH3 is 2. The van der Waals surface area contributed by atoms with E-state index in [-0.39, 0.29) is 0 Å². The van der Waals surface area contributed by atoms with Crippen molar-refractivity contribution in [2.45, 2.75) is 0 Å². The molecule has 1 aromatic rings. The van der Waals surface area contributed by atoms with Crippen LogP contribution < -0.4 is 10.1 Å². The van der Waals surface area contributed by atoms with Crippen molar-refractivity contribution in [3.63, 3.8) is 0 Å². The van der Waals surface area contributed by atoms with Crippen molar-refractivity contribution in [2.24, 2.45) is 0 Å². The maximum absolute atomic E-state index is 11.1. The Hall–Kier alpha value is -2.17. The number of hydrogen-bond donors (Lipinski definition) is 1. The summed E-state index contributed by atoms with van der Waals surface area (Å²) in [4.78, 5) is 11.1. The number of carbonyl (C=O) groups excluding carboxylic acids is 1. The molecule has 0 aromatic heterocycles. The molecule has 0 saturated carbocycles. The largest absolute Gasteiger partial charge is 0.513 e. The summed E-state index contributed by atoms with van der Waals surface area (Å²) in [5.41, 5.74) is 0.741. The van der Waals surface area contributed by atoms with E-state index >= 15 is 0 Å². The molecule has 0 amide bonds. The van der Waals surface area contributed by atoms with Gasteiger partial charge in [-0.1, -0.05) is 0 Å². The Morgan fingerprint density at radius 2 is 1.88 bits per heavy atom. The van der Waals surface area contributed by atoms with Gasteiger partial charge in [-0.2, -0.15) is 0 Å². The minimum absolute atomic E-state index is 0.377. The third-order valence-corrected chi connectivity index (χ3v) is 2.01. The molecule has 0 radical (unpaired) electrons. The Morgan fingerprint density at radius 3 is 2.35 bits per heavy atom. The standard InChI is InChI=1S/C12H15NO4/c1-13-8-11(17-12(14)16-3)9-4-6-10(15-2)7-5-9/h4-8,13H,1-3H3/b11-8-. The van der Waals surface area contributed by atoms with Crippen LogP contribution in [0.15, 0.2) is 30.5 Å². The van der Waals surface area contributed by atoms with Gasteiger partial charge in [0.05, 0.1) is 14.2 Å². The van der Waals surface area contributed by atoms with Gasteiger partial charge in [0.2, 0.25) is 0 Å². The molecule has 17 heavy (non-hydrogen) atoms. The van der Waals surface area contributed by atoms with Gasteiger partial charge in [-0.05, 0) is 24.3 Å². The first kappa shape index (κ1) is 12.9. The Labute approximate surface area is 100.0 Å². The fourth-order valence-electron chi connectivity index (χ4n) is 1.19. The van der Waals surface area contributed by atoms with Gasteiger partial charge in [0.15, 0.2) is 5.76 Å². The lowest BCUT2D eigenvalue weighted by molar-refractivity contribution is 0.112. The predicted molar refractivity (Wildman–Crippen MR) is 63.5 cm³/mol. The number of rotatable bonds is 4. The molecule has 0 aliphatic rings. The van der Waals surface area contributed by atoms with Gasteiger partial charge >= 0.3 is 6.16 Å². The first-order chi connectivity index (χ1) is 8.21. The highest BCUT2D eigenvalue weighted by molar-refractivity contribution is 5.72. The summed E-state index contributed by atoms with van der Waals surface area (Å²) in [6, 6.07) is 7.12. The van der Waals surface area contributed by atoms with Crippen molar-refractivity contribution in [3.05, 3.63) is 36.0 Å². The lowest BCUT2D eigenvalue weighted by Crippen LogP contribution is -2.06. The van der Waals surface area contributed by atoms with Crippen molar-refractivity contribution in [3.8, 4) is 5.75 Å². The van der Waals surface area contributed by atoms with E-state index in [4.69, 9.17) is 9.47 Å². The van der Waals surface area contributed by atoms with E-state index in [0.717, 1.165) is 11.3 Å². The number of carbonyl (C=O) groups is 1. The van der Waals surface area contributed by atoms with Crippen molar-refractivity contribution >= 4 is 11.9 Å². The van der Waals surface area contributed by atoms with E-state index in [2.05, 4.69) is 10.1 Å². The van der Waals surface area contributed by atoms with Crippen LogP contribution >= 0.6 is 0 Å². The molecule has 5 nitrogen and oxygen atoms in total. The van der Waals surface area contributed by atoms with E-state index in [9.17, 15) is 4.79 Å². The monoisotopic (exact) mass is 237 g/mol. The highest BCUT2D eigenvalue weighted by atomic mass is 16.7. The Bertz CT molecular complexity index is 397. The van der Waals surface area contributed by atoms with Crippen LogP contribution in [0.25, 0.3) is 5.76 Å². The molecule has 0 bridgehead atoms. The molecular formula is C12H15NO4. The first-order valence-corrected chi connectivity index (χ1v) is 4.99. The summed E-state index contributed by atoms with van der Waals surface area (Å²) in [5, 5.41) is 2.80. The molecule has 92 valence electrons. The average Bonchev–Trinajstić information content (AvgIpc) is 2.38. The molecule has 0 fully saturated rings. The Kier molecular flexibility index (Phi) is 4.87. The van der Waals surface area contributed by atoms with Crippen LogP contribution in [0.5, 0.6) is 5.75 Å². The van der Waals surface area contributed by atoms with E-state index in [1.807, 2.05) is 0 Å². The Balaban J connectivity index is 2.89. The minimum atomic E-state index is -0.762. The molecule has 0 heterocycles. The molecule has 1 aromatic carbocycles. The van der Waals surface area contributed by atoms with Gasteiger partial charge in [0, 0.05) is 18.8 Å². The fourth-order valence-corrected chi connectivity index (χ4v) is 1.19. The zero-order valence-corrected chi connectivity index (χ0v) is 10.0. The van der Waals surface area contributed by atoms with E-state index in [1.165, 1.54) is 7.11 Å². The van der Waals surface area contributed by atoms with E-state index < -0.39 is 6.16 Å². The van der Waals surface area contributed by atoms with Crippen LogP contribution in [0.2, 0.25) is 0 Å². The lowest BCUT2D eigenvalue weighted by Gasteiger charge is -2.08. The molecule has 0 aliphatic heterocycles. The highest BCUT2D eigenvalue weighted by Gasteiger charge is 2.09. The van der Waals surface area contributed by atoms with Crippen molar-refractivity contribution in [2.75, 3.05) is 21.3 Å². The van der Waals surface area contributed by atoms with E-state index in [0.29, 0.717) is 5.76 Å². The third kappa shape index (κ3) is 3.71. The smallest absolute Gasteiger partial charge is 0.497 e. The highest BCUT2D eigenvalue weighted by Crippen LogP contribution is 2.19. The molecule has 0 saturated heterocycles.